The van der Waals surface area contributed by atoms with Crippen LogP contribution in [0.5, 0.6) is 0 Å². The van der Waals surface area contributed by atoms with Crippen LogP contribution >= 0.6 is 0 Å². The first-order chi connectivity index (χ1) is 12.4. The molecule has 3 rings (SSSR count). The molecule has 6 nitrogen and oxygen atoms in total. The lowest BCUT2D eigenvalue weighted by molar-refractivity contribution is -0.125. The molecule has 0 aliphatic heterocycles. The molecule has 0 aliphatic carbocycles. The second-order valence-corrected chi connectivity index (χ2v) is 6.21. The van der Waals surface area contributed by atoms with Crippen molar-refractivity contribution in [3.63, 3.8) is 0 Å². The fraction of sp³-hybridized carbons (Fsp3) is 0.250. The van der Waals surface area contributed by atoms with Crippen LogP contribution in [0, 0.1) is 13.8 Å². The van der Waals surface area contributed by atoms with Gasteiger partial charge in [-0.3, -0.25) is 9.78 Å². The van der Waals surface area contributed by atoms with E-state index in [-0.39, 0.29) is 12.6 Å². The Labute approximate surface area is 151 Å². The third-order valence-electron chi connectivity index (χ3n) is 3.99. The molecular formula is C20H20N2O4. The van der Waals surface area contributed by atoms with Crippen LogP contribution in [0.1, 0.15) is 40.3 Å². The highest BCUT2D eigenvalue weighted by Crippen LogP contribution is 2.21. The Hall–Kier alpha value is -3.15. The topological polar surface area (TPSA) is 81.4 Å². The van der Waals surface area contributed by atoms with Gasteiger partial charge in [0, 0.05) is 11.1 Å². The molecule has 1 aromatic carbocycles. The quantitative estimate of drug-likeness (QED) is 0.711. The van der Waals surface area contributed by atoms with Crippen LogP contribution in [0.15, 0.2) is 47.1 Å². The maximum atomic E-state index is 12.5. The number of nitrogens with one attached hydrogen (secondary N) is 1. The first kappa shape index (κ1) is 17.7. The minimum Gasteiger partial charge on any atom is -0.467 e. The van der Waals surface area contributed by atoms with Gasteiger partial charge in [0.15, 0.2) is 6.61 Å². The maximum Gasteiger partial charge on any atom is 0.339 e. The monoisotopic (exact) mass is 352 g/mol. The number of hydrogen-bond acceptors (Lipinski definition) is 5. The Morgan fingerprint density at radius 1 is 1.23 bits per heavy atom. The Morgan fingerprint density at radius 2 is 2.04 bits per heavy atom. The number of furan rings is 1. The lowest BCUT2D eigenvalue weighted by atomic mass is 10.1. The normalized spacial score (nSPS) is 12.0. The Morgan fingerprint density at radius 3 is 2.77 bits per heavy atom. The molecule has 26 heavy (non-hydrogen) atoms. The summed E-state index contributed by atoms with van der Waals surface area (Å²) in [5, 5.41) is 3.44. The summed E-state index contributed by atoms with van der Waals surface area (Å²) in [6.45, 7) is 5.19. The molecule has 0 bridgehead atoms. The van der Waals surface area contributed by atoms with Crippen molar-refractivity contribution >= 4 is 22.8 Å². The minimum atomic E-state index is -0.549. The number of carbonyl (C=O) groups is 2. The molecule has 2 aromatic heterocycles. The molecule has 1 amide bonds. The molecule has 0 radical (unpaired) electrons. The average Bonchev–Trinajstić information content (AvgIpc) is 3.14. The highest BCUT2D eigenvalue weighted by Gasteiger charge is 2.17. The van der Waals surface area contributed by atoms with E-state index in [1.165, 1.54) is 6.26 Å². The lowest BCUT2D eigenvalue weighted by Crippen LogP contribution is -2.31. The van der Waals surface area contributed by atoms with E-state index in [2.05, 4.69) is 10.3 Å². The summed E-state index contributed by atoms with van der Waals surface area (Å²) in [4.78, 5) is 28.9. The number of benzene rings is 1. The van der Waals surface area contributed by atoms with E-state index in [4.69, 9.17) is 9.15 Å². The van der Waals surface area contributed by atoms with Crippen LogP contribution < -0.4 is 5.32 Å². The lowest BCUT2D eigenvalue weighted by Gasteiger charge is -2.12. The van der Waals surface area contributed by atoms with Crippen molar-refractivity contribution in [2.24, 2.45) is 0 Å². The molecule has 1 atom stereocenters. The van der Waals surface area contributed by atoms with Gasteiger partial charge >= 0.3 is 5.97 Å². The molecule has 0 saturated heterocycles. The molecule has 0 fully saturated rings. The van der Waals surface area contributed by atoms with Crippen LogP contribution in [-0.4, -0.2) is 23.5 Å². The predicted molar refractivity (Wildman–Crippen MR) is 96.8 cm³/mol. The third-order valence-corrected chi connectivity index (χ3v) is 3.99. The number of pyridine rings is 1. The maximum absolute atomic E-state index is 12.5. The molecule has 0 spiro atoms. The van der Waals surface area contributed by atoms with Crippen LogP contribution in [0.4, 0.5) is 0 Å². The number of esters is 1. The van der Waals surface area contributed by atoms with Gasteiger partial charge in [-0.05, 0) is 51.1 Å². The van der Waals surface area contributed by atoms with Crippen LogP contribution in [-0.2, 0) is 9.53 Å². The molecule has 3 aromatic rings. The Kier molecular flexibility index (Phi) is 5.02. The minimum absolute atomic E-state index is 0.303. The average molecular weight is 352 g/mol. The highest BCUT2D eigenvalue weighted by atomic mass is 16.5. The molecule has 0 aliphatic rings. The summed E-state index contributed by atoms with van der Waals surface area (Å²) in [5.41, 5.74) is 2.85. The van der Waals surface area contributed by atoms with E-state index >= 15 is 0 Å². The van der Waals surface area contributed by atoms with Gasteiger partial charge in [-0.1, -0.05) is 11.6 Å². The second kappa shape index (κ2) is 7.39. The van der Waals surface area contributed by atoms with Gasteiger partial charge < -0.3 is 14.5 Å². The van der Waals surface area contributed by atoms with Crippen molar-refractivity contribution in [2.45, 2.75) is 26.8 Å². The predicted octanol–water partition coefficient (Wildman–Crippen LogP) is 3.48. The molecule has 6 heteroatoms. The van der Waals surface area contributed by atoms with Crippen molar-refractivity contribution in [3.8, 4) is 0 Å². The first-order valence-corrected chi connectivity index (χ1v) is 8.32. The summed E-state index contributed by atoms with van der Waals surface area (Å²) < 4.78 is 10.4. The summed E-state index contributed by atoms with van der Waals surface area (Å²) in [6, 6.07) is 10.6. The molecule has 0 saturated carbocycles. The summed E-state index contributed by atoms with van der Waals surface area (Å²) >= 11 is 0. The van der Waals surface area contributed by atoms with Crippen molar-refractivity contribution in [2.75, 3.05) is 6.61 Å². The second-order valence-electron chi connectivity index (χ2n) is 6.21. The number of fused-ring (bicyclic) bond motifs is 1. The van der Waals surface area contributed by atoms with E-state index < -0.39 is 11.9 Å². The number of rotatable bonds is 5. The number of ether oxygens (including phenoxy) is 1. The zero-order valence-electron chi connectivity index (χ0n) is 14.9. The standard InChI is InChI=1S/C20H20N2O4/c1-12-6-7-17-15(9-12)16(10-13(2)21-17)20(24)26-11-19(23)22-14(3)18-5-4-8-25-18/h4-10,14H,11H2,1-3H3,(H,22,23). The number of amides is 1. The van der Waals surface area contributed by atoms with Gasteiger partial charge in [-0.25, -0.2) is 4.79 Å². The van der Waals surface area contributed by atoms with E-state index in [9.17, 15) is 9.59 Å². The van der Waals surface area contributed by atoms with Crippen molar-refractivity contribution < 1.29 is 18.7 Å². The number of aryl methyl sites for hydroxylation is 2. The fourth-order valence-electron chi connectivity index (χ4n) is 2.74. The zero-order valence-corrected chi connectivity index (χ0v) is 14.9. The smallest absolute Gasteiger partial charge is 0.339 e. The molecular weight excluding hydrogens is 332 g/mol. The van der Waals surface area contributed by atoms with E-state index in [1.54, 1.807) is 25.1 Å². The zero-order chi connectivity index (χ0) is 18.7. The fourth-order valence-corrected chi connectivity index (χ4v) is 2.74. The van der Waals surface area contributed by atoms with Crippen molar-refractivity contribution in [3.05, 3.63) is 65.2 Å². The van der Waals surface area contributed by atoms with Gasteiger partial charge in [0.1, 0.15) is 5.76 Å². The number of carbonyl (C=O) groups excluding carboxylic acids is 2. The van der Waals surface area contributed by atoms with Gasteiger partial charge in [-0.2, -0.15) is 0 Å². The first-order valence-electron chi connectivity index (χ1n) is 8.32. The number of aromatic nitrogens is 1. The van der Waals surface area contributed by atoms with Crippen LogP contribution in [0.3, 0.4) is 0 Å². The van der Waals surface area contributed by atoms with Gasteiger partial charge in [0.05, 0.1) is 23.4 Å². The van der Waals surface area contributed by atoms with E-state index in [0.29, 0.717) is 22.4 Å². The summed E-state index contributed by atoms with van der Waals surface area (Å²) in [6.07, 6.45) is 1.54. The van der Waals surface area contributed by atoms with Crippen molar-refractivity contribution in [1.82, 2.24) is 10.3 Å². The van der Waals surface area contributed by atoms with E-state index in [1.807, 2.05) is 32.0 Å². The third kappa shape index (κ3) is 3.91. The largest absolute Gasteiger partial charge is 0.467 e. The number of nitrogens with zero attached hydrogens (tertiary/aromatic N) is 1. The number of hydrogen-bond donors (Lipinski definition) is 1. The SMILES string of the molecule is Cc1ccc2nc(C)cc(C(=O)OCC(=O)NC(C)c3ccco3)c2c1. The van der Waals surface area contributed by atoms with Crippen molar-refractivity contribution in [1.29, 1.82) is 0 Å². The molecule has 1 N–H and O–H groups in total. The Bertz CT molecular complexity index is 948. The van der Waals surface area contributed by atoms with Gasteiger partial charge in [0.25, 0.3) is 5.91 Å². The molecule has 2 heterocycles. The van der Waals surface area contributed by atoms with Gasteiger partial charge in [-0.15, -0.1) is 0 Å². The van der Waals surface area contributed by atoms with Gasteiger partial charge in [0.2, 0.25) is 0 Å². The molecule has 1 unspecified atom stereocenters. The highest BCUT2D eigenvalue weighted by molar-refractivity contribution is 6.04. The molecule has 134 valence electrons. The van der Waals surface area contributed by atoms with Crippen LogP contribution in [0.2, 0.25) is 0 Å². The summed E-state index contributed by atoms with van der Waals surface area (Å²) in [7, 11) is 0. The Balaban J connectivity index is 1.69. The van der Waals surface area contributed by atoms with Crippen LogP contribution in [0.25, 0.3) is 10.9 Å². The van der Waals surface area contributed by atoms with E-state index in [0.717, 1.165) is 11.1 Å². The summed E-state index contributed by atoms with van der Waals surface area (Å²) in [5.74, 6) is -0.309.